The van der Waals surface area contributed by atoms with Crippen molar-refractivity contribution in [2.75, 3.05) is 12.0 Å². The van der Waals surface area contributed by atoms with Gasteiger partial charge in [0, 0.05) is 5.75 Å². The molecule has 3 aromatic rings. The minimum atomic E-state index is -1.64. The highest BCUT2D eigenvalue weighted by Gasteiger charge is 2.57. The minimum absolute atomic E-state index is 0.527. The molecule has 0 aliphatic rings. The molecule has 1 atom stereocenters. The highest BCUT2D eigenvalue weighted by atomic mass is 32.2. The molecule has 0 aliphatic heterocycles. The Morgan fingerprint density at radius 3 is 1.52 bits per heavy atom. The van der Waals surface area contributed by atoms with Gasteiger partial charge in [-0.1, -0.05) is 91.0 Å². The normalized spacial score (nSPS) is 13.7. The standard InChI is InChI=1S/C23H23NO2S/c1-27-17-22(18-11-5-2-6-12-18,19-13-7-3-8-14-19)23(24,21(25)26)20-15-9-4-10-16-20/h2-16H,17,24H2,1H3,(H,25,26). The van der Waals surface area contributed by atoms with Crippen LogP contribution in [0.2, 0.25) is 0 Å². The number of hydrogen-bond donors (Lipinski definition) is 2. The van der Waals surface area contributed by atoms with E-state index in [2.05, 4.69) is 0 Å². The molecule has 0 fully saturated rings. The first-order valence-corrected chi connectivity index (χ1v) is 10.1. The molecule has 3 N–H and O–H groups in total. The Labute approximate surface area is 164 Å². The molecule has 3 nitrogen and oxygen atoms in total. The topological polar surface area (TPSA) is 63.3 Å². The van der Waals surface area contributed by atoms with Crippen LogP contribution in [0.3, 0.4) is 0 Å². The van der Waals surface area contributed by atoms with Gasteiger partial charge in [0.25, 0.3) is 0 Å². The van der Waals surface area contributed by atoms with E-state index < -0.39 is 16.9 Å². The smallest absolute Gasteiger partial charge is 0.329 e. The minimum Gasteiger partial charge on any atom is -0.480 e. The first kappa shape index (κ1) is 19.2. The Morgan fingerprint density at radius 2 is 1.19 bits per heavy atom. The summed E-state index contributed by atoms with van der Waals surface area (Å²) in [6.07, 6.45) is 1.98. The fourth-order valence-corrected chi connectivity index (χ4v) is 4.81. The second-order valence-electron chi connectivity index (χ2n) is 6.55. The summed E-state index contributed by atoms with van der Waals surface area (Å²) in [6.45, 7) is 0. The van der Waals surface area contributed by atoms with Gasteiger partial charge in [-0.25, -0.2) is 4.79 Å². The molecule has 0 spiro atoms. The first-order chi connectivity index (χ1) is 13.1. The number of hydrogen-bond acceptors (Lipinski definition) is 3. The molecule has 27 heavy (non-hydrogen) atoms. The van der Waals surface area contributed by atoms with Gasteiger partial charge in [0.2, 0.25) is 0 Å². The van der Waals surface area contributed by atoms with Crippen LogP contribution in [0, 0.1) is 0 Å². The number of benzene rings is 3. The lowest BCUT2D eigenvalue weighted by atomic mass is 9.60. The van der Waals surface area contributed by atoms with Crippen molar-refractivity contribution in [3.8, 4) is 0 Å². The van der Waals surface area contributed by atoms with Crippen LogP contribution in [0.4, 0.5) is 0 Å². The number of thioether (sulfide) groups is 1. The summed E-state index contributed by atoms with van der Waals surface area (Å²) in [5, 5.41) is 10.4. The molecule has 0 bridgehead atoms. The fraction of sp³-hybridized carbons (Fsp3) is 0.174. The van der Waals surface area contributed by atoms with Crippen molar-refractivity contribution in [3.05, 3.63) is 108 Å². The summed E-state index contributed by atoms with van der Waals surface area (Å²) in [6, 6.07) is 28.6. The van der Waals surface area contributed by atoms with Crippen molar-refractivity contribution >= 4 is 17.7 Å². The van der Waals surface area contributed by atoms with Gasteiger partial charge < -0.3 is 10.8 Å². The summed E-state index contributed by atoms with van der Waals surface area (Å²) in [5.74, 6) is -0.519. The molecule has 0 aromatic heterocycles. The van der Waals surface area contributed by atoms with Crippen molar-refractivity contribution in [1.82, 2.24) is 0 Å². The SMILES string of the molecule is CSCC(c1ccccc1)(c1ccccc1)C(N)(C(=O)O)c1ccccc1. The van der Waals surface area contributed by atoms with E-state index in [-0.39, 0.29) is 0 Å². The molecule has 138 valence electrons. The maximum Gasteiger partial charge on any atom is 0.329 e. The zero-order chi connectivity index (χ0) is 19.3. The summed E-state index contributed by atoms with van der Waals surface area (Å²) in [5.41, 5.74) is 6.66. The Morgan fingerprint density at radius 1 is 0.815 bits per heavy atom. The summed E-state index contributed by atoms with van der Waals surface area (Å²) >= 11 is 1.59. The lowest BCUT2D eigenvalue weighted by Crippen LogP contribution is -2.62. The van der Waals surface area contributed by atoms with E-state index in [1.807, 2.05) is 85.1 Å². The molecule has 0 saturated carbocycles. The van der Waals surface area contributed by atoms with Crippen molar-refractivity contribution < 1.29 is 9.90 Å². The molecular weight excluding hydrogens is 354 g/mol. The zero-order valence-electron chi connectivity index (χ0n) is 15.2. The monoisotopic (exact) mass is 377 g/mol. The summed E-state index contributed by atoms with van der Waals surface area (Å²) in [7, 11) is 0. The third kappa shape index (κ3) is 3.15. The van der Waals surface area contributed by atoms with Crippen LogP contribution in [-0.2, 0) is 15.7 Å². The molecule has 1 unspecified atom stereocenters. The van der Waals surface area contributed by atoms with Gasteiger partial charge in [-0.15, -0.1) is 0 Å². The number of nitrogens with two attached hydrogens (primary N) is 1. The second-order valence-corrected chi connectivity index (χ2v) is 7.42. The van der Waals surface area contributed by atoms with E-state index >= 15 is 0 Å². The molecule has 0 amide bonds. The molecule has 3 rings (SSSR count). The van der Waals surface area contributed by atoms with E-state index in [9.17, 15) is 9.90 Å². The Hall–Kier alpha value is -2.56. The molecule has 0 saturated heterocycles. The fourth-order valence-electron chi connectivity index (χ4n) is 3.82. The van der Waals surface area contributed by atoms with Crippen molar-refractivity contribution in [1.29, 1.82) is 0 Å². The van der Waals surface area contributed by atoms with Crippen molar-refractivity contribution in [2.24, 2.45) is 5.73 Å². The largest absolute Gasteiger partial charge is 0.480 e. The molecule has 3 aromatic carbocycles. The molecule has 0 heterocycles. The Kier molecular flexibility index (Phi) is 5.68. The predicted octanol–water partition coefficient (Wildman–Crippen LogP) is 4.27. The predicted molar refractivity (Wildman–Crippen MR) is 112 cm³/mol. The molecule has 4 heteroatoms. The number of carbonyl (C=O) groups is 1. The van der Waals surface area contributed by atoms with Crippen LogP contribution in [0.1, 0.15) is 16.7 Å². The molecular formula is C23H23NO2S. The lowest BCUT2D eigenvalue weighted by molar-refractivity contribution is -0.146. The zero-order valence-corrected chi connectivity index (χ0v) is 16.0. The third-order valence-corrected chi connectivity index (χ3v) is 5.86. The number of aliphatic carboxylic acids is 1. The van der Waals surface area contributed by atoms with E-state index in [0.29, 0.717) is 11.3 Å². The van der Waals surface area contributed by atoms with E-state index in [0.717, 1.165) is 11.1 Å². The van der Waals surface area contributed by atoms with Crippen LogP contribution < -0.4 is 5.73 Å². The van der Waals surface area contributed by atoms with Crippen molar-refractivity contribution in [2.45, 2.75) is 11.0 Å². The highest BCUT2D eigenvalue weighted by Crippen LogP contribution is 2.48. The van der Waals surface area contributed by atoms with Crippen LogP contribution >= 0.6 is 11.8 Å². The van der Waals surface area contributed by atoms with Gasteiger partial charge in [-0.3, -0.25) is 0 Å². The van der Waals surface area contributed by atoms with Gasteiger partial charge in [0.15, 0.2) is 5.54 Å². The third-order valence-electron chi connectivity index (χ3n) is 5.13. The quantitative estimate of drug-likeness (QED) is 0.645. The first-order valence-electron chi connectivity index (χ1n) is 8.75. The second kappa shape index (κ2) is 7.99. The van der Waals surface area contributed by atoms with Gasteiger partial charge in [0.1, 0.15) is 0 Å². The van der Waals surface area contributed by atoms with Gasteiger partial charge in [-0.05, 0) is 22.9 Å². The molecule has 0 radical (unpaired) electrons. The summed E-state index contributed by atoms with van der Waals surface area (Å²) in [4.78, 5) is 12.8. The Balaban J connectivity index is 2.43. The van der Waals surface area contributed by atoms with E-state index in [1.165, 1.54) is 0 Å². The maximum absolute atomic E-state index is 12.8. The number of carboxylic acids is 1. The summed E-state index contributed by atoms with van der Waals surface area (Å²) < 4.78 is 0. The lowest BCUT2D eigenvalue weighted by Gasteiger charge is -2.47. The van der Waals surface area contributed by atoms with Crippen LogP contribution in [0.25, 0.3) is 0 Å². The van der Waals surface area contributed by atoms with Gasteiger partial charge in [0.05, 0.1) is 5.41 Å². The highest BCUT2D eigenvalue weighted by molar-refractivity contribution is 7.98. The van der Waals surface area contributed by atoms with Gasteiger partial charge in [-0.2, -0.15) is 11.8 Å². The van der Waals surface area contributed by atoms with Crippen LogP contribution in [0.15, 0.2) is 91.0 Å². The van der Waals surface area contributed by atoms with Crippen LogP contribution in [-0.4, -0.2) is 23.1 Å². The molecule has 0 aliphatic carbocycles. The van der Waals surface area contributed by atoms with Crippen LogP contribution in [0.5, 0.6) is 0 Å². The van der Waals surface area contributed by atoms with Crippen molar-refractivity contribution in [3.63, 3.8) is 0 Å². The van der Waals surface area contributed by atoms with E-state index in [4.69, 9.17) is 5.73 Å². The van der Waals surface area contributed by atoms with E-state index in [1.54, 1.807) is 23.9 Å². The Bertz CT molecular complexity index is 845. The van der Waals surface area contributed by atoms with Gasteiger partial charge >= 0.3 is 5.97 Å². The number of rotatable bonds is 7. The maximum atomic E-state index is 12.8. The number of carboxylic acid groups (broad SMARTS) is 1. The average molecular weight is 378 g/mol. The average Bonchev–Trinajstić information content (AvgIpc) is 2.73.